The number of aliphatic hydroxyl groups is 1. The van der Waals surface area contributed by atoms with Crippen molar-refractivity contribution in [3.8, 4) is 0 Å². The predicted molar refractivity (Wildman–Crippen MR) is 62.1 cm³/mol. The second-order valence-electron chi connectivity index (χ2n) is 3.65. The van der Waals surface area contributed by atoms with Gasteiger partial charge in [0, 0.05) is 22.6 Å². The van der Waals surface area contributed by atoms with Gasteiger partial charge in [0.15, 0.2) is 0 Å². The lowest BCUT2D eigenvalue weighted by molar-refractivity contribution is 0.152. The number of hydrogen-bond donors (Lipinski definition) is 1. The summed E-state index contributed by atoms with van der Waals surface area (Å²) in [4.78, 5) is 1.91. The van der Waals surface area contributed by atoms with E-state index in [1.54, 1.807) is 6.07 Å². The van der Waals surface area contributed by atoms with Crippen LogP contribution in [0.5, 0.6) is 0 Å². The minimum atomic E-state index is -0.221. The lowest BCUT2D eigenvalue weighted by atomic mass is 10.2. The van der Waals surface area contributed by atoms with Gasteiger partial charge >= 0.3 is 0 Å². The zero-order valence-corrected chi connectivity index (χ0v) is 10.5. The van der Waals surface area contributed by atoms with Crippen LogP contribution in [0.3, 0.4) is 0 Å². The topological polar surface area (TPSA) is 23.5 Å². The van der Waals surface area contributed by atoms with E-state index in [9.17, 15) is 4.39 Å². The summed E-state index contributed by atoms with van der Waals surface area (Å²) < 4.78 is 14.2. The Kier molecular flexibility index (Phi) is 4.70. The van der Waals surface area contributed by atoms with Crippen molar-refractivity contribution in [2.45, 2.75) is 19.5 Å². The van der Waals surface area contributed by atoms with Gasteiger partial charge in [-0.15, -0.1) is 0 Å². The fourth-order valence-electron chi connectivity index (χ4n) is 1.23. The lowest BCUT2D eigenvalue weighted by Gasteiger charge is -2.23. The minimum Gasteiger partial charge on any atom is -0.395 e. The monoisotopic (exact) mass is 275 g/mol. The number of nitrogens with zero attached hydrogens (tertiary/aromatic N) is 1. The van der Waals surface area contributed by atoms with Crippen molar-refractivity contribution in [3.05, 3.63) is 34.1 Å². The molecule has 84 valence electrons. The summed E-state index contributed by atoms with van der Waals surface area (Å²) in [5.41, 5.74) is 0.625. The van der Waals surface area contributed by atoms with Crippen LogP contribution in [0.1, 0.15) is 12.5 Å². The molecule has 4 heteroatoms. The van der Waals surface area contributed by atoms with Crippen LogP contribution >= 0.6 is 15.9 Å². The van der Waals surface area contributed by atoms with Crippen molar-refractivity contribution in [1.82, 2.24) is 4.90 Å². The summed E-state index contributed by atoms with van der Waals surface area (Å²) in [6.45, 7) is 2.45. The summed E-state index contributed by atoms with van der Waals surface area (Å²) in [5.74, 6) is -0.221. The van der Waals surface area contributed by atoms with E-state index in [1.165, 1.54) is 6.07 Å². The summed E-state index contributed by atoms with van der Waals surface area (Å²) >= 11 is 3.32. The molecule has 1 rings (SSSR count). The smallest absolute Gasteiger partial charge is 0.128 e. The summed E-state index contributed by atoms with van der Waals surface area (Å²) in [6, 6.07) is 4.95. The molecule has 0 saturated carbocycles. The third-order valence-corrected chi connectivity index (χ3v) is 3.23. The van der Waals surface area contributed by atoms with Crippen LogP contribution < -0.4 is 0 Å². The Balaban J connectivity index is 2.80. The Bertz CT molecular complexity index is 312. The van der Waals surface area contributed by atoms with Gasteiger partial charge in [0.05, 0.1) is 6.61 Å². The van der Waals surface area contributed by atoms with Gasteiger partial charge in [-0.3, -0.25) is 4.90 Å². The van der Waals surface area contributed by atoms with E-state index in [-0.39, 0.29) is 18.5 Å². The highest BCUT2D eigenvalue weighted by atomic mass is 79.9. The van der Waals surface area contributed by atoms with E-state index in [0.29, 0.717) is 12.1 Å². The molecular formula is C11H15BrFNO. The lowest BCUT2D eigenvalue weighted by Crippen LogP contribution is -2.31. The molecule has 1 N–H and O–H groups in total. The van der Waals surface area contributed by atoms with Crippen LogP contribution in [0.15, 0.2) is 22.7 Å². The number of hydrogen-bond acceptors (Lipinski definition) is 2. The minimum absolute atomic E-state index is 0.0245. The van der Waals surface area contributed by atoms with Crippen LogP contribution in [0.4, 0.5) is 4.39 Å². The Morgan fingerprint density at radius 1 is 1.53 bits per heavy atom. The number of halogens is 2. The van der Waals surface area contributed by atoms with Gasteiger partial charge < -0.3 is 5.11 Å². The van der Waals surface area contributed by atoms with Gasteiger partial charge in [0.25, 0.3) is 0 Å². The molecule has 0 aromatic heterocycles. The predicted octanol–water partition coefficient (Wildman–Crippen LogP) is 2.40. The van der Waals surface area contributed by atoms with Crippen LogP contribution in [-0.4, -0.2) is 29.7 Å². The molecule has 0 amide bonds. The Hall–Kier alpha value is -0.450. The van der Waals surface area contributed by atoms with Crippen molar-refractivity contribution in [1.29, 1.82) is 0 Å². The number of aliphatic hydroxyl groups excluding tert-OH is 1. The fraction of sp³-hybridized carbons (Fsp3) is 0.455. The maximum Gasteiger partial charge on any atom is 0.128 e. The average molecular weight is 276 g/mol. The summed E-state index contributed by atoms with van der Waals surface area (Å²) in [5, 5.41) is 8.97. The molecule has 0 spiro atoms. The molecule has 0 bridgehead atoms. The normalized spacial score (nSPS) is 13.2. The van der Waals surface area contributed by atoms with Gasteiger partial charge in [0.2, 0.25) is 0 Å². The van der Waals surface area contributed by atoms with Crippen LogP contribution in [0.25, 0.3) is 0 Å². The highest BCUT2D eigenvalue weighted by Gasteiger charge is 2.13. The standard InChI is InChI=1S/C11H15BrFNO/c1-8(7-15)14(2)6-9-10(12)4-3-5-11(9)13/h3-5,8,15H,6-7H2,1-2H3. The van der Waals surface area contributed by atoms with E-state index in [4.69, 9.17) is 5.11 Å². The van der Waals surface area contributed by atoms with Crippen LogP contribution in [0.2, 0.25) is 0 Å². The molecule has 1 aromatic carbocycles. The highest BCUT2D eigenvalue weighted by molar-refractivity contribution is 9.10. The molecule has 0 saturated heterocycles. The average Bonchev–Trinajstić information content (AvgIpc) is 2.22. The molecule has 0 aliphatic carbocycles. The van der Waals surface area contributed by atoms with E-state index >= 15 is 0 Å². The van der Waals surface area contributed by atoms with Gasteiger partial charge in [-0.1, -0.05) is 22.0 Å². The molecule has 1 atom stereocenters. The molecule has 0 fully saturated rings. The first-order valence-electron chi connectivity index (χ1n) is 4.80. The molecule has 2 nitrogen and oxygen atoms in total. The zero-order valence-electron chi connectivity index (χ0n) is 8.87. The maximum atomic E-state index is 13.5. The quantitative estimate of drug-likeness (QED) is 0.912. The van der Waals surface area contributed by atoms with Gasteiger partial charge in [0.1, 0.15) is 5.82 Å². The zero-order chi connectivity index (χ0) is 11.4. The van der Waals surface area contributed by atoms with E-state index in [1.807, 2.05) is 24.9 Å². The molecule has 1 unspecified atom stereocenters. The first kappa shape index (κ1) is 12.6. The fourth-order valence-corrected chi connectivity index (χ4v) is 1.70. The van der Waals surface area contributed by atoms with Gasteiger partial charge in [-0.2, -0.15) is 0 Å². The maximum absolute atomic E-state index is 13.5. The first-order valence-corrected chi connectivity index (χ1v) is 5.59. The summed E-state index contributed by atoms with van der Waals surface area (Å²) in [7, 11) is 1.86. The van der Waals surface area contributed by atoms with E-state index in [0.717, 1.165) is 4.47 Å². The van der Waals surface area contributed by atoms with Crippen LogP contribution in [-0.2, 0) is 6.54 Å². The molecule has 0 aliphatic heterocycles. The first-order chi connectivity index (χ1) is 7.06. The van der Waals surface area contributed by atoms with Crippen molar-refractivity contribution < 1.29 is 9.50 Å². The largest absolute Gasteiger partial charge is 0.395 e. The number of likely N-dealkylation sites (N-methyl/N-ethyl adjacent to an activating group) is 1. The SMILES string of the molecule is CC(CO)N(C)Cc1c(F)cccc1Br. The number of benzene rings is 1. The molecule has 15 heavy (non-hydrogen) atoms. The highest BCUT2D eigenvalue weighted by Crippen LogP contribution is 2.21. The molecule has 0 radical (unpaired) electrons. The number of rotatable bonds is 4. The Labute approximate surface area is 97.8 Å². The second-order valence-corrected chi connectivity index (χ2v) is 4.50. The third kappa shape index (κ3) is 3.26. The van der Waals surface area contributed by atoms with Crippen molar-refractivity contribution in [2.75, 3.05) is 13.7 Å². The third-order valence-electron chi connectivity index (χ3n) is 2.49. The van der Waals surface area contributed by atoms with Gasteiger partial charge in [-0.25, -0.2) is 4.39 Å². The molecule has 1 aromatic rings. The second kappa shape index (κ2) is 5.58. The van der Waals surface area contributed by atoms with Crippen molar-refractivity contribution in [3.63, 3.8) is 0 Å². The van der Waals surface area contributed by atoms with Gasteiger partial charge in [-0.05, 0) is 26.1 Å². The Morgan fingerprint density at radius 3 is 2.73 bits per heavy atom. The molecular weight excluding hydrogens is 261 g/mol. The summed E-state index contributed by atoms with van der Waals surface area (Å²) in [6.07, 6.45) is 0. The van der Waals surface area contributed by atoms with E-state index in [2.05, 4.69) is 15.9 Å². The Morgan fingerprint density at radius 2 is 2.20 bits per heavy atom. The van der Waals surface area contributed by atoms with Crippen LogP contribution in [0, 0.1) is 5.82 Å². The molecule has 0 aliphatic rings. The molecule has 0 heterocycles. The van der Waals surface area contributed by atoms with Crippen molar-refractivity contribution >= 4 is 15.9 Å². The van der Waals surface area contributed by atoms with Crippen molar-refractivity contribution in [2.24, 2.45) is 0 Å². The van der Waals surface area contributed by atoms with E-state index < -0.39 is 0 Å².